The van der Waals surface area contributed by atoms with Gasteiger partial charge in [-0.1, -0.05) is 31.9 Å². The molecule has 1 amide bonds. The maximum Gasteiger partial charge on any atom is 0.230 e. The molecular weight excluding hydrogens is 224 g/mol. The van der Waals surface area contributed by atoms with E-state index in [4.69, 9.17) is 5.73 Å². The highest BCUT2D eigenvalue weighted by Crippen LogP contribution is 2.38. The lowest BCUT2D eigenvalue weighted by Gasteiger charge is -2.22. The van der Waals surface area contributed by atoms with E-state index in [2.05, 4.69) is 12.2 Å². The first kappa shape index (κ1) is 13.1. The van der Waals surface area contributed by atoms with E-state index in [1.54, 1.807) is 0 Å². The first-order valence-corrected chi connectivity index (χ1v) is 6.68. The molecule has 0 heterocycles. The molecule has 1 aromatic carbocycles. The Morgan fingerprint density at radius 3 is 2.67 bits per heavy atom. The zero-order valence-corrected chi connectivity index (χ0v) is 11.2. The number of carbonyl (C=O) groups excluding carboxylic acids is 1. The van der Waals surface area contributed by atoms with Gasteiger partial charge in [0.15, 0.2) is 0 Å². The van der Waals surface area contributed by atoms with Gasteiger partial charge in [0.25, 0.3) is 0 Å². The van der Waals surface area contributed by atoms with Gasteiger partial charge in [-0.05, 0) is 37.5 Å². The fourth-order valence-electron chi connectivity index (χ4n) is 2.56. The molecule has 98 valence electrons. The van der Waals surface area contributed by atoms with Gasteiger partial charge in [0.1, 0.15) is 0 Å². The Bertz CT molecular complexity index is 434. The topological polar surface area (TPSA) is 55.1 Å². The summed E-state index contributed by atoms with van der Waals surface area (Å²) in [7, 11) is 0. The van der Waals surface area contributed by atoms with Gasteiger partial charge < -0.3 is 11.1 Å². The van der Waals surface area contributed by atoms with Gasteiger partial charge in [0.05, 0.1) is 0 Å². The lowest BCUT2D eigenvalue weighted by atomic mass is 9.88. The van der Waals surface area contributed by atoms with Crippen LogP contribution in [0.4, 0.5) is 5.69 Å². The number of carbonyl (C=O) groups is 1. The maximum absolute atomic E-state index is 12.3. The first-order chi connectivity index (χ1) is 8.51. The average molecular weight is 246 g/mol. The van der Waals surface area contributed by atoms with Gasteiger partial charge in [0.2, 0.25) is 5.91 Å². The van der Waals surface area contributed by atoms with E-state index < -0.39 is 0 Å². The fourth-order valence-corrected chi connectivity index (χ4v) is 2.56. The molecule has 1 unspecified atom stereocenters. The Hall–Kier alpha value is -1.35. The Kier molecular flexibility index (Phi) is 3.71. The van der Waals surface area contributed by atoms with Gasteiger partial charge in [-0.3, -0.25) is 4.79 Å². The van der Waals surface area contributed by atoms with Crippen LogP contribution in [0.3, 0.4) is 0 Å². The first-order valence-electron chi connectivity index (χ1n) is 6.68. The third-order valence-corrected chi connectivity index (χ3v) is 3.93. The van der Waals surface area contributed by atoms with Crippen LogP contribution in [0.15, 0.2) is 24.3 Å². The van der Waals surface area contributed by atoms with Gasteiger partial charge in [0, 0.05) is 17.1 Å². The Labute approximate surface area is 109 Å². The smallest absolute Gasteiger partial charge is 0.230 e. The molecular formula is C15H22N2O. The van der Waals surface area contributed by atoms with Crippen LogP contribution in [0.5, 0.6) is 0 Å². The van der Waals surface area contributed by atoms with Gasteiger partial charge >= 0.3 is 0 Å². The van der Waals surface area contributed by atoms with E-state index in [-0.39, 0.29) is 17.4 Å². The van der Waals surface area contributed by atoms with Crippen LogP contribution >= 0.6 is 0 Å². The van der Waals surface area contributed by atoms with Crippen molar-refractivity contribution in [1.82, 2.24) is 0 Å². The van der Waals surface area contributed by atoms with E-state index >= 15 is 0 Å². The quantitative estimate of drug-likeness (QED) is 0.860. The Morgan fingerprint density at radius 1 is 1.39 bits per heavy atom. The fraction of sp³-hybridized carbons (Fsp3) is 0.533. The zero-order valence-electron chi connectivity index (χ0n) is 11.2. The summed E-state index contributed by atoms with van der Waals surface area (Å²) >= 11 is 0. The van der Waals surface area contributed by atoms with E-state index in [9.17, 15) is 4.79 Å². The lowest BCUT2D eigenvalue weighted by molar-refractivity contribution is -0.124. The summed E-state index contributed by atoms with van der Waals surface area (Å²) in [6.45, 7) is 4.00. The van der Waals surface area contributed by atoms with Crippen LogP contribution in [-0.2, 0) is 4.79 Å². The van der Waals surface area contributed by atoms with Crippen LogP contribution < -0.4 is 11.1 Å². The molecule has 1 saturated carbocycles. The standard InChI is InChI=1S/C15H22N2O/c1-11(16)12-6-5-7-13(10-12)17-14(18)15(2)8-3-4-9-15/h5-7,10-11H,3-4,8-9,16H2,1-2H3,(H,17,18). The number of benzene rings is 1. The Balaban J connectivity index is 2.09. The van der Waals surface area contributed by atoms with Crippen molar-refractivity contribution in [3.63, 3.8) is 0 Å². The second-order valence-electron chi connectivity index (χ2n) is 5.64. The molecule has 3 heteroatoms. The molecule has 0 aromatic heterocycles. The predicted octanol–water partition coefficient (Wildman–Crippen LogP) is 3.23. The van der Waals surface area contributed by atoms with Crippen LogP contribution in [0.2, 0.25) is 0 Å². The molecule has 3 N–H and O–H groups in total. The molecule has 1 fully saturated rings. The zero-order chi connectivity index (χ0) is 13.2. The van der Waals surface area contributed by atoms with Crippen molar-refractivity contribution >= 4 is 11.6 Å². The number of hydrogen-bond acceptors (Lipinski definition) is 2. The second kappa shape index (κ2) is 5.11. The van der Waals surface area contributed by atoms with Crippen molar-refractivity contribution in [1.29, 1.82) is 0 Å². The molecule has 18 heavy (non-hydrogen) atoms. The summed E-state index contributed by atoms with van der Waals surface area (Å²) < 4.78 is 0. The van der Waals surface area contributed by atoms with Gasteiger partial charge in [-0.25, -0.2) is 0 Å². The summed E-state index contributed by atoms with van der Waals surface area (Å²) in [5, 5.41) is 3.03. The maximum atomic E-state index is 12.3. The minimum absolute atomic E-state index is 0.0103. The number of hydrogen-bond donors (Lipinski definition) is 2. The van der Waals surface area contributed by atoms with Crippen molar-refractivity contribution in [2.24, 2.45) is 11.1 Å². The van der Waals surface area contributed by atoms with E-state index in [1.165, 1.54) is 0 Å². The third kappa shape index (κ3) is 2.72. The van der Waals surface area contributed by atoms with Crippen LogP contribution in [0.1, 0.15) is 51.1 Å². The Morgan fingerprint density at radius 2 is 2.06 bits per heavy atom. The molecule has 3 nitrogen and oxygen atoms in total. The summed E-state index contributed by atoms with van der Waals surface area (Å²) in [4.78, 5) is 12.3. The molecule has 1 atom stereocenters. The van der Waals surface area contributed by atoms with Crippen molar-refractivity contribution in [3.05, 3.63) is 29.8 Å². The number of amides is 1. The molecule has 0 bridgehead atoms. The van der Waals surface area contributed by atoms with E-state index in [0.717, 1.165) is 36.9 Å². The molecule has 0 radical (unpaired) electrons. The van der Waals surface area contributed by atoms with Crippen LogP contribution in [0, 0.1) is 5.41 Å². The third-order valence-electron chi connectivity index (χ3n) is 3.93. The average Bonchev–Trinajstić information content (AvgIpc) is 2.78. The summed E-state index contributed by atoms with van der Waals surface area (Å²) in [5.41, 5.74) is 7.55. The van der Waals surface area contributed by atoms with Crippen molar-refractivity contribution in [2.45, 2.75) is 45.6 Å². The summed E-state index contributed by atoms with van der Waals surface area (Å²) in [6, 6.07) is 7.79. The predicted molar refractivity (Wildman–Crippen MR) is 74.2 cm³/mol. The number of nitrogens with one attached hydrogen (secondary N) is 1. The summed E-state index contributed by atoms with van der Waals surface area (Å²) in [5.74, 6) is 0.141. The minimum Gasteiger partial charge on any atom is -0.326 e. The van der Waals surface area contributed by atoms with Gasteiger partial charge in [-0.2, -0.15) is 0 Å². The van der Waals surface area contributed by atoms with E-state index in [0.29, 0.717) is 0 Å². The molecule has 1 aliphatic carbocycles. The van der Waals surface area contributed by atoms with Crippen molar-refractivity contribution < 1.29 is 4.79 Å². The van der Waals surface area contributed by atoms with Crippen molar-refractivity contribution in [3.8, 4) is 0 Å². The number of nitrogens with two attached hydrogens (primary N) is 1. The molecule has 0 spiro atoms. The lowest BCUT2D eigenvalue weighted by Crippen LogP contribution is -2.30. The normalized spacial score (nSPS) is 19.5. The largest absolute Gasteiger partial charge is 0.326 e. The monoisotopic (exact) mass is 246 g/mol. The minimum atomic E-state index is -0.190. The molecule has 1 aliphatic rings. The molecule has 2 rings (SSSR count). The molecule has 0 saturated heterocycles. The second-order valence-corrected chi connectivity index (χ2v) is 5.64. The van der Waals surface area contributed by atoms with Crippen LogP contribution in [-0.4, -0.2) is 5.91 Å². The van der Waals surface area contributed by atoms with E-state index in [1.807, 2.05) is 31.2 Å². The molecule has 1 aromatic rings. The van der Waals surface area contributed by atoms with Crippen molar-refractivity contribution in [2.75, 3.05) is 5.32 Å². The van der Waals surface area contributed by atoms with Crippen LogP contribution in [0.25, 0.3) is 0 Å². The molecule has 0 aliphatic heterocycles. The van der Waals surface area contributed by atoms with Gasteiger partial charge in [-0.15, -0.1) is 0 Å². The highest BCUT2D eigenvalue weighted by atomic mass is 16.2. The highest BCUT2D eigenvalue weighted by Gasteiger charge is 2.36. The number of rotatable bonds is 3. The SMILES string of the molecule is CC(N)c1cccc(NC(=O)C2(C)CCCC2)c1. The highest BCUT2D eigenvalue weighted by molar-refractivity contribution is 5.95. The summed E-state index contributed by atoms with van der Waals surface area (Å²) in [6.07, 6.45) is 4.30. The number of anilines is 1.